The molecule has 0 saturated heterocycles. The normalized spacial score (nSPS) is 18.4. The molecule has 0 atom stereocenters. The second kappa shape index (κ2) is 7.48. The highest BCUT2D eigenvalue weighted by Gasteiger charge is 2.28. The Kier molecular flexibility index (Phi) is 5.94. The van der Waals surface area contributed by atoms with E-state index in [0.717, 1.165) is 25.1 Å². The Hall–Kier alpha value is -0.510. The van der Waals surface area contributed by atoms with Gasteiger partial charge in [-0.3, -0.25) is 0 Å². The van der Waals surface area contributed by atoms with Crippen molar-refractivity contribution in [2.24, 2.45) is 0 Å². The van der Waals surface area contributed by atoms with E-state index in [1.54, 1.807) is 11.8 Å². The number of benzene rings is 1. The number of hydrogen-bond donors (Lipinski definition) is 2. The summed E-state index contributed by atoms with van der Waals surface area (Å²) >= 11 is 1.80. The van der Waals surface area contributed by atoms with Gasteiger partial charge in [-0.05, 0) is 30.5 Å². The minimum Gasteiger partial charge on any atom is -0.389 e. The Morgan fingerprint density at radius 2 is 2.00 bits per heavy atom. The quantitative estimate of drug-likeness (QED) is 0.778. The smallest absolute Gasteiger partial charge is 0.0741 e. The SMILES string of the molecule is CC(C)NCc1cccc(SCC2(O)CCCCC2)c1. The van der Waals surface area contributed by atoms with Crippen LogP contribution in [0.5, 0.6) is 0 Å². The average Bonchev–Trinajstić information content (AvgIpc) is 2.44. The second-order valence-electron chi connectivity index (χ2n) is 6.26. The van der Waals surface area contributed by atoms with Gasteiger partial charge in [-0.25, -0.2) is 0 Å². The lowest BCUT2D eigenvalue weighted by atomic mass is 9.86. The topological polar surface area (TPSA) is 32.3 Å². The van der Waals surface area contributed by atoms with Crippen molar-refractivity contribution in [1.29, 1.82) is 0 Å². The Morgan fingerprint density at radius 1 is 1.25 bits per heavy atom. The van der Waals surface area contributed by atoms with Crippen LogP contribution in [0.3, 0.4) is 0 Å². The van der Waals surface area contributed by atoms with Crippen LogP contribution in [0.15, 0.2) is 29.2 Å². The van der Waals surface area contributed by atoms with Crippen LogP contribution in [0.4, 0.5) is 0 Å². The Balaban J connectivity index is 1.87. The first kappa shape index (κ1) is 15.9. The van der Waals surface area contributed by atoms with Gasteiger partial charge in [0.2, 0.25) is 0 Å². The highest BCUT2D eigenvalue weighted by Crippen LogP contribution is 2.33. The van der Waals surface area contributed by atoms with E-state index in [9.17, 15) is 5.11 Å². The predicted octanol–water partition coefficient (Wildman–Crippen LogP) is 3.97. The van der Waals surface area contributed by atoms with Gasteiger partial charge in [-0.15, -0.1) is 11.8 Å². The van der Waals surface area contributed by atoms with Crippen LogP contribution in [0.2, 0.25) is 0 Å². The molecule has 1 saturated carbocycles. The third-order valence-corrected chi connectivity index (χ3v) is 5.17. The lowest BCUT2D eigenvalue weighted by Crippen LogP contribution is -2.33. The van der Waals surface area contributed by atoms with E-state index in [0.29, 0.717) is 6.04 Å². The molecule has 0 spiro atoms. The summed E-state index contributed by atoms with van der Waals surface area (Å²) in [5, 5.41) is 14.0. The first-order valence-corrected chi connectivity index (χ1v) is 8.73. The van der Waals surface area contributed by atoms with Crippen LogP contribution in [-0.2, 0) is 6.54 Å². The zero-order valence-electron chi connectivity index (χ0n) is 12.7. The summed E-state index contributed by atoms with van der Waals surface area (Å²) < 4.78 is 0. The van der Waals surface area contributed by atoms with Crippen molar-refractivity contribution < 1.29 is 5.11 Å². The summed E-state index contributed by atoms with van der Waals surface area (Å²) in [7, 11) is 0. The second-order valence-corrected chi connectivity index (χ2v) is 7.31. The minimum absolute atomic E-state index is 0.435. The Morgan fingerprint density at radius 3 is 2.70 bits per heavy atom. The predicted molar refractivity (Wildman–Crippen MR) is 87.2 cm³/mol. The Labute approximate surface area is 127 Å². The molecule has 0 unspecified atom stereocenters. The van der Waals surface area contributed by atoms with Crippen molar-refractivity contribution in [2.45, 2.75) is 69.0 Å². The molecule has 1 aromatic carbocycles. The van der Waals surface area contributed by atoms with Crippen molar-refractivity contribution >= 4 is 11.8 Å². The summed E-state index contributed by atoms with van der Waals surface area (Å²) in [5.41, 5.74) is 0.883. The monoisotopic (exact) mass is 293 g/mol. The maximum atomic E-state index is 10.5. The van der Waals surface area contributed by atoms with Gasteiger partial charge in [0.05, 0.1) is 5.60 Å². The maximum Gasteiger partial charge on any atom is 0.0741 e. The number of thioether (sulfide) groups is 1. The fourth-order valence-corrected chi connectivity index (χ4v) is 3.77. The molecule has 2 nitrogen and oxygen atoms in total. The van der Waals surface area contributed by atoms with E-state index in [1.165, 1.54) is 29.7 Å². The molecule has 0 amide bonds. The van der Waals surface area contributed by atoms with Crippen LogP contribution in [0, 0.1) is 0 Å². The van der Waals surface area contributed by atoms with E-state index in [2.05, 4.69) is 43.4 Å². The molecule has 0 aromatic heterocycles. The summed E-state index contributed by atoms with van der Waals surface area (Å²) in [6, 6.07) is 9.18. The molecule has 20 heavy (non-hydrogen) atoms. The highest BCUT2D eigenvalue weighted by atomic mass is 32.2. The fraction of sp³-hybridized carbons (Fsp3) is 0.647. The molecule has 0 bridgehead atoms. The van der Waals surface area contributed by atoms with Gasteiger partial charge >= 0.3 is 0 Å². The third kappa shape index (κ3) is 5.12. The maximum absolute atomic E-state index is 10.5. The van der Waals surface area contributed by atoms with Crippen LogP contribution in [0.1, 0.15) is 51.5 Å². The lowest BCUT2D eigenvalue weighted by molar-refractivity contribution is 0.0273. The van der Waals surface area contributed by atoms with E-state index < -0.39 is 5.60 Å². The van der Waals surface area contributed by atoms with Gasteiger partial charge in [0.25, 0.3) is 0 Å². The first-order valence-electron chi connectivity index (χ1n) is 7.75. The van der Waals surface area contributed by atoms with Crippen LogP contribution < -0.4 is 5.32 Å². The average molecular weight is 293 g/mol. The molecule has 1 aliphatic carbocycles. The number of rotatable bonds is 6. The molecule has 1 aliphatic rings. The van der Waals surface area contributed by atoms with Gasteiger partial charge in [0.15, 0.2) is 0 Å². The van der Waals surface area contributed by atoms with Crippen LogP contribution in [0.25, 0.3) is 0 Å². The molecule has 0 aliphatic heterocycles. The minimum atomic E-state index is -0.435. The molecule has 0 heterocycles. The van der Waals surface area contributed by atoms with Crippen LogP contribution in [-0.4, -0.2) is 22.5 Å². The number of aliphatic hydroxyl groups is 1. The summed E-state index contributed by atoms with van der Waals surface area (Å²) in [6.07, 6.45) is 5.57. The fourth-order valence-electron chi connectivity index (χ4n) is 2.64. The van der Waals surface area contributed by atoms with Gasteiger partial charge in [-0.1, -0.05) is 45.2 Å². The van der Waals surface area contributed by atoms with E-state index >= 15 is 0 Å². The largest absolute Gasteiger partial charge is 0.389 e. The summed E-state index contributed by atoms with van der Waals surface area (Å²) in [5.74, 6) is 0.827. The van der Waals surface area contributed by atoms with Gasteiger partial charge in [0.1, 0.15) is 0 Å². The zero-order chi connectivity index (χ0) is 14.4. The molecular weight excluding hydrogens is 266 g/mol. The van der Waals surface area contributed by atoms with Gasteiger partial charge in [0, 0.05) is 23.2 Å². The lowest BCUT2D eigenvalue weighted by Gasteiger charge is -2.31. The molecule has 2 rings (SSSR count). The van der Waals surface area contributed by atoms with Crippen molar-refractivity contribution in [1.82, 2.24) is 5.32 Å². The zero-order valence-corrected chi connectivity index (χ0v) is 13.5. The highest BCUT2D eigenvalue weighted by molar-refractivity contribution is 7.99. The van der Waals surface area contributed by atoms with E-state index in [1.807, 2.05) is 0 Å². The molecule has 0 radical (unpaired) electrons. The standard InChI is InChI=1S/C17H27NOS/c1-14(2)18-12-15-7-6-8-16(11-15)20-13-17(19)9-4-3-5-10-17/h6-8,11,14,18-19H,3-5,9-10,12-13H2,1-2H3. The van der Waals surface area contributed by atoms with Crippen molar-refractivity contribution in [3.05, 3.63) is 29.8 Å². The van der Waals surface area contributed by atoms with E-state index in [4.69, 9.17) is 0 Å². The molecule has 1 fully saturated rings. The van der Waals surface area contributed by atoms with Crippen LogP contribution >= 0.6 is 11.8 Å². The molecule has 1 aromatic rings. The number of nitrogens with one attached hydrogen (secondary N) is 1. The Bertz CT molecular complexity index is 413. The van der Waals surface area contributed by atoms with Crippen molar-refractivity contribution in [2.75, 3.05) is 5.75 Å². The summed E-state index contributed by atoms with van der Waals surface area (Å²) in [6.45, 7) is 5.24. The molecule has 2 N–H and O–H groups in total. The number of hydrogen-bond acceptors (Lipinski definition) is 3. The first-order chi connectivity index (χ1) is 9.57. The third-order valence-electron chi connectivity index (χ3n) is 3.90. The molecule has 112 valence electrons. The van der Waals surface area contributed by atoms with Crippen molar-refractivity contribution in [3.63, 3.8) is 0 Å². The molecular formula is C17H27NOS. The van der Waals surface area contributed by atoms with E-state index in [-0.39, 0.29) is 0 Å². The van der Waals surface area contributed by atoms with Gasteiger partial charge in [-0.2, -0.15) is 0 Å². The molecule has 3 heteroatoms. The van der Waals surface area contributed by atoms with Gasteiger partial charge < -0.3 is 10.4 Å². The van der Waals surface area contributed by atoms with Crippen molar-refractivity contribution in [3.8, 4) is 0 Å². The summed E-state index contributed by atoms with van der Waals surface area (Å²) in [4.78, 5) is 1.27.